The molecule has 2 aromatic rings. The van der Waals surface area contributed by atoms with Crippen LogP contribution < -0.4 is 15.4 Å². The number of carbonyl (C=O) groups excluding carboxylic acids is 1. The van der Waals surface area contributed by atoms with Gasteiger partial charge in [-0.05, 0) is 48.9 Å². The van der Waals surface area contributed by atoms with Crippen LogP contribution in [-0.2, 0) is 11.2 Å². The van der Waals surface area contributed by atoms with Crippen molar-refractivity contribution in [1.82, 2.24) is 0 Å². The Morgan fingerprint density at radius 3 is 2.62 bits per heavy atom. The summed E-state index contributed by atoms with van der Waals surface area (Å²) < 4.78 is 5.92. The summed E-state index contributed by atoms with van der Waals surface area (Å²) in [5.41, 5.74) is 9.39. The molecule has 1 amide bonds. The molecule has 3 rings (SSSR count). The highest BCUT2D eigenvalue weighted by atomic mass is 16.5. The standard InChI is InChI=1S/C22H28N2O2/c1-3-18(23)17-12-13-21-19(15-17)24(22(25)20(4-2)26-21)14-8-11-16-9-6-5-7-10-16/h5-7,9-10,12-13,15,18,20H,3-4,8,11,14,23H2,1-2H3. The van der Waals surface area contributed by atoms with E-state index >= 15 is 0 Å². The van der Waals surface area contributed by atoms with Crippen molar-refractivity contribution in [1.29, 1.82) is 0 Å². The fourth-order valence-corrected chi connectivity index (χ4v) is 3.38. The molecule has 0 saturated heterocycles. The van der Waals surface area contributed by atoms with Gasteiger partial charge in [0.1, 0.15) is 5.75 Å². The van der Waals surface area contributed by atoms with Crippen molar-refractivity contribution in [2.75, 3.05) is 11.4 Å². The van der Waals surface area contributed by atoms with Crippen molar-refractivity contribution in [3.8, 4) is 5.75 Å². The Balaban J connectivity index is 1.81. The van der Waals surface area contributed by atoms with Crippen LogP contribution in [0.4, 0.5) is 5.69 Å². The van der Waals surface area contributed by atoms with E-state index in [-0.39, 0.29) is 11.9 Å². The quantitative estimate of drug-likeness (QED) is 0.811. The topological polar surface area (TPSA) is 55.6 Å². The first-order chi connectivity index (χ1) is 12.6. The molecule has 0 bridgehead atoms. The van der Waals surface area contributed by atoms with E-state index < -0.39 is 6.10 Å². The van der Waals surface area contributed by atoms with Gasteiger partial charge in [-0.2, -0.15) is 0 Å². The number of hydrogen-bond donors (Lipinski definition) is 1. The lowest BCUT2D eigenvalue weighted by molar-refractivity contribution is -0.126. The van der Waals surface area contributed by atoms with E-state index in [2.05, 4.69) is 31.2 Å². The molecule has 4 nitrogen and oxygen atoms in total. The third kappa shape index (κ3) is 3.91. The van der Waals surface area contributed by atoms with Crippen molar-refractivity contribution < 1.29 is 9.53 Å². The summed E-state index contributed by atoms with van der Waals surface area (Å²) in [7, 11) is 0. The van der Waals surface area contributed by atoms with Crippen LogP contribution >= 0.6 is 0 Å². The Labute approximate surface area is 156 Å². The average molecular weight is 352 g/mol. The normalized spacial score (nSPS) is 17.6. The van der Waals surface area contributed by atoms with Crippen LogP contribution in [0, 0.1) is 0 Å². The molecule has 1 heterocycles. The highest BCUT2D eigenvalue weighted by Gasteiger charge is 2.33. The molecule has 2 atom stereocenters. The first-order valence-corrected chi connectivity index (χ1v) is 9.55. The van der Waals surface area contributed by atoms with E-state index in [1.54, 1.807) is 0 Å². The molecule has 1 aliphatic heterocycles. The molecule has 2 unspecified atom stereocenters. The molecule has 1 aliphatic rings. The van der Waals surface area contributed by atoms with Crippen LogP contribution in [-0.4, -0.2) is 18.6 Å². The number of fused-ring (bicyclic) bond motifs is 1. The van der Waals surface area contributed by atoms with E-state index in [0.29, 0.717) is 13.0 Å². The van der Waals surface area contributed by atoms with Gasteiger partial charge in [0, 0.05) is 12.6 Å². The van der Waals surface area contributed by atoms with Crippen molar-refractivity contribution in [2.45, 2.75) is 51.7 Å². The van der Waals surface area contributed by atoms with Gasteiger partial charge in [0.15, 0.2) is 6.10 Å². The molecule has 138 valence electrons. The van der Waals surface area contributed by atoms with Crippen LogP contribution in [0.25, 0.3) is 0 Å². The van der Waals surface area contributed by atoms with E-state index in [0.717, 1.165) is 36.3 Å². The zero-order chi connectivity index (χ0) is 18.5. The fourth-order valence-electron chi connectivity index (χ4n) is 3.38. The van der Waals surface area contributed by atoms with Gasteiger partial charge in [-0.1, -0.05) is 50.2 Å². The van der Waals surface area contributed by atoms with Crippen LogP contribution in [0.15, 0.2) is 48.5 Å². The zero-order valence-corrected chi connectivity index (χ0v) is 15.7. The average Bonchev–Trinajstić information content (AvgIpc) is 2.69. The van der Waals surface area contributed by atoms with E-state index in [1.807, 2.05) is 36.1 Å². The minimum atomic E-state index is -0.398. The Bertz CT molecular complexity index is 745. The molecule has 2 N–H and O–H groups in total. The molecule has 0 fully saturated rings. The van der Waals surface area contributed by atoms with Gasteiger partial charge in [0.25, 0.3) is 5.91 Å². The van der Waals surface area contributed by atoms with Gasteiger partial charge in [0.2, 0.25) is 0 Å². The summed E-state index contributed by atoms with van der Waals surface area (Å²) in [5, 5.41) is 0. The Kier molecular flexibility index (Phi) is 5.94. The summed E-state index contributed by atoms with van der Waals surface area (Å²) in [4.78, 5) is 14.8. The van der Waals surface area contributed by atoms with Crippen LogP contribution in [0.1, 0.15) is 50.3 Å². The summed E-state index contributed by atoms with van der Waals surface area (Å²) in [6, 6.07) is 16.4. The number of nitrogens with zero attached hydrogens (tertiary/aromatic N) is 1. The second-order valence-electron chi connectivity index (χ2n) is 6.84. The van der Waals surface area contributed by atoms with Crippen molar-refractivity contribution in [3.63, 3.8) is 0 Å². The number of rotatable bonds is 7. The van der Waals surface area contributed by atoms with E-state index in [4.69, 9.17) is 10.5 Å². The van der Waals surface area contributed by atoms with Gasteiger partial charge < -0.3 is 15.4 Å². The number of hydrogen-bond acceptors (Lipinski definition) is 3. The number of aryl methyl sites for hydroxylation is 1. The lowest BCUT2D eigenvalue weighted by atomic mass is 10.0. The fraction of sp³-hybridized carbons (Fsp3) is 0.409. The molecule has 0 spiro atoms. The molecule has 0 radical (unpaired) electrons. The third-order valence-corrected chi connectivity index (χ3v) is 5.01. The smallest absolute Gasteiger partial charge is 0.268 e. The number of ether oxygens (including phenoxy) is 1. The van der Waals surface area contributed by atoms with Crippen molar-refractivity contribution >= 4 is 11.6 Å². The molecule has 4 heteroatoms. The molecule has 0 aromatic heterocycles. The largest absolute Gasteiger partial charge is 0.478 e. The highest BCUT2D eigenvalue weighted by molar-refractivity contribution is 6.00. The zero-order valence-electron chi connectivity index (χ0n) is 15.7. The molecule has 0 aliphatic carbocycles. The number of nitrogens with two attached hydrogens (primary N) is 1. The molecule has 2 aromatic carbocycles. The first-order valence-electron chi connectivity index (χ1n) is 9.55. The number of amides is 1. The van der Waals surface area contributed by atoms with Crippen LogP contribution in [0.5, 0.6) is 5.75 Å². The maximum absolute atomic E-state index is 12.9. The summed E-state index contributed by atoms with van der Waals surface area (Å²) in [6.07, 6.45) is 2.99. The number of carbonyl (C=O) groups is 1. The Hall–Kier alpha value is -2.33. The number of anilines is 1. The van der Waals surface area contributed by atoms with Gasteiger partial charge in [-0.15, -0.1) is 0 Å². The van der Waals surface area contributed by atoms with E-state index in [1.165, 1.54) is 5.56 Å². The van der Waals surface area contributed by atoms with Gasteiger partial charge >= 0.3 is 0 Å². The maximum atomic E-state index is 12.9. The van der Waals surface area contributed by atoms with Gasteiger partial charge in [-0.3, -0.25) is 4.79 Å². The SMILES string of the molecule is CCC1Oc2ccc(C(N)CC)cc2N(CCCc2ccccc2)C1=O. The second kappa shape index (κ2) is 8.37. The summed E-state index contributed by atoms with van der Waals surface area (Å²) >= 11 is 0. The van der Waals surface area contributed by atoms with Gasteiger partial charge in [0.05, 0.1) is 5.69 Å². The van der Waals surface area contributed by atoms with Crippen molar-refractivity contribution in [3.05, 3.63) is 59.7 Å². The summed E-state index contributed by atoms with van der Waals surface area (Å²) in [6.45, 7) is 4.74. The number of benzene rings is 2. The van der Waals surface area contributed by atoms with E-state index in [9.17, 15) is 4.79 Å². The highest BCUT2D eigenvalue weighted by Crippen LogP contribution is 2.37. The van der Waals surface area contributed by atoms with Crippen LogP contribution in [0.3, 0.4) is 0 Å². The molecular formula is C22H28N2O2. The minimum absolute atomic E-state index is 0.0227. The molecular weight excluding hydrogens is 324 g/mol. The predicted octanol–water partition coefficient (Wildman–Crippen LogP) is 4.23. The third-order valence-electron chi connectivity index (χ3n) is 5.01. The summed E-state index contributed by atoms with van der Waals surface area (Å²) in [5.74, 6) is 0.832. The lowest BCUT2D eigenvalue weighted by Gasteiger charge is -2.34. The monoisotopic (exact) mass is 352 g/mol. The Morgan fingerprint density at radius 1 is 1.15 bits per heavy atom. The first kappa shape index (κ1) is 18.5. The van der Waals surface area contributed by atoms with Crippen LogP contribution in [0.2, 0.25) is 0 Å². The molecule has 26 heavy (non-hydrogen) atoms. The lowest BCUT2D eigenvalue weighted by Crippen LogP contribution is -2.46. The minimum Gasteiger partial charge on any atom is -0.478 e. The predicted molar refractivity (Wildman–Crippen MR) is 105 cm³/mol. The Morgan fingerprint density at radius 2 is 1.92 bits per heavy atom. The van der Waals surface area contributed by atoms with Crippen molar-refractivity contribution in [2.24, 2.45) is 5.73 Å². The molecule has 0 saturated carbocycles. The van der Waals surface area contributed by atoms with Gasteiger partial charge in [-0.25, -0.2) is 0 Å². The maximum Gasteiger partial charge on any atom is 0.268 e. The second-order valence-corrected chi connectivity index (χ2v) is 6.84.